The molecule has 2 rings (SSSR count). The van der Waals surface area contributed by atoms with E-state index >= 15 is 0 Å². The van der Waals surface area contributed by atoms with Crippen LogP contribution in [0.2, 0.25) is 0 Å². The first-order valence-corrected chi connectivity index (χ1v) is 7.82. The molecule has 1 atom stereocenters. The Morgan fingerprint density at radius 2 is 2.26 bits per heavy atom. The van der Waals surface area contributed by atoms with E-state index in [1.54, 1.807) is 25.1 Å². The molecule has 106 valence electrons. The molecule has 5 nitrogen and oxygen atoms in total. The minimum Gasteiger partial charge on any atom is -0.392 e. The molecule has 1 saturated heterocycles. The zero-order valence-electron chi connectivity index (χ0n) is 10.9. The van der Waals surface area contributed by atoms with E-state index in [2.05, 4.69) is 4.72 Å². The first-order chi connectivity index (χ1) is 9.04. The van der Waals surface area contributed by atoms with Crippen LogP contribution in [-0.4, -0.2) is 32.8 Å². The van der Waals surface area contributed by atoms with Crippen molar-refractivity contribution in [1.82, 2.24) is 4.72 Å². The van der Waals surface area contributed by atoms with Crippen molar-refractivity contribution >= 4 is 10.0 Å². The van der Waals surface area contributed by atoms with Crippen molar-refractivity contribution in [1.29, 1.82) is 0 Å². The lowest BCUT2D eigenvalue weighted by Gasteiger charge is -2.23. The molecule has 0 spiro atoms. The highest BCUT2D eigenvalue weighted by Gasteiger charge is 2.24. The van der Waals surface area contributed by atoms with E-state index in [0.29, 0.717) is 24.3 Å². The van der Waals surface area contributed by atoms with E-state index in [4.69, 9.17) is 4.74 Å². The fraction of sp³-hybridized carbons (Fsp3) is 0.538. The largest absolute Gasteiger partial charge is 0.392 e. The lowest BCUT2D eigenvalue weighted by molar-refractivity contribution is 0.0774. The lowest BCUT2D eigenvalue weighted by atomic mass is 10.1. The molecule has 1 heterocycles. The average molecular weight is 285 g/mol. The summed E-state index contributed by atoms with van der Waals surface area (Å²) in [6.45, 7) is 2.65. The summed E-state index contributed by atoms with van der Waals surface area (Å²) >= 11 is 0. The number of sulfonamides is 1. The van der Waals surface area contributed by atoms with Crippen LogP contribution in [0.1, 0.15) is 24.0 Å². The van der Waals surface area contributed by atoms with Crippen LogP contribution in [0.3, 0.4) is 0 Å². The molecule has 0 radical (unpaired) electrons. The lowest BCUT2D eigenvalue weighted by Crippen LogP contribution is -2.40. The van der Waals surface area contributed by atoms with Gasteiger partial charge in [0.1, 0.15) is 0 Å². The average Bonchev–Trinajstić information content (AvgIpc) is 2.39. The topological polar surface area (TPSA) is 75.6 Å². The van der Waals surface area contributed by atoms with Crippen molar-refractivity contribution < 1.29 is 18.3 Å². The van der Waals surface area contributed by atoms with Crippen molar-refractivity contribution in [2.24, 2.45) is 0 Å². The molecular weight excluding hydrogens is 266 g/mol. The number of hydrogen-bond acceptors (Lipinski definition) is 4. The van der Waals surface area contributed by atoms with Crippen molar-refractivity contribution in [3.05, 3.63) is 29.3 Å². The Hall–Kier alpha value is -0.950. The number of rotatable bonds is 4. The summed E-state index contributed by atoms with van der Waals surface area (Å²) in [4.78, 5) is 0.227. The minimum absolute atomic E-state index is 0.165. The van der Waals surface area contributed by atoms with Gasteiger partial charge in [-0.25, -0.2) is 13.1 Å². The third-order valence-electron chi connectivity index (χ3n) is 3.34. The van der Waals surface area contributed by atoms with Gasteiger partial charge in [0.25, 0.3) is 0 Å². The van der Waals surface area contributed by atoms with Crippen LogP contribution in [-0.2, 0) is 21.4 Å². The molecule has 0 amide bonds. The summed E-state index contributed by atoms with van der Waals surface area (Å²) in [7, 11) is -3.56. The van der Waals surface area contributed by atoms with Crippen LogP contribution in [0, 0.1) is 6.92 Å². The molecule has 1 aliphatic heterocycles. The Kier molecular flexibility index (Phi) is 4.57. The maximum atomic E-state index is 12.3. The molecule has 1 fully saturated rings. The zero-order chi connectivity index (χ0) is 13.9. The second-order valence-electron chi connectivity index (χ2n) is 4.73. The molecule has 19 heavy (non-hydrogen) atoms. The van der Waals surface area contributed by atoms with Crippen LogP contribution in [0.5, 0.6) is 0 Å². The van der Waals surface area contributed by atoms with E-state index in [1.807, 2.05) is 0 Å². The van der Waals surface area contributed by atoms with Crippen LogP contribution in [0.4, 0.5) is 0 Å². The quantitative estimate of drug-likeness (QED) is 0.863. The summed E-state index contributed by atoms with van der Waals surface area (Å²) in [6, 6.07) is 4.75. The van der Waals surface area contributed by atoms with Crippen molar-refractivity contribution in [2.45, 2.75) is 37.3 Å². The summed E-state index contributed by atoms with van der Waals surface area (Å²) in [5, 5.41) is 9.19. The Morgan fingerprint density at radius 1 is 1.47 bits per heavy atom. The molecule has 0 saturated carbocycles. The summed E-state index contributed by atoms with van der Waals surface area (Å²) in [6.07, 6.45) is 1.65. The molecule has 0 bridgehead atoms. The Balaban J connectivity index is 2.23. The van der Waals surface area contributed by atoms with Gasteiger partial charge >= 0.3 is 0 Å². The molecule has 2 N–H and O–H groups in total. The Morgan fingerprint density at radius 3 is 2.89 bits per heavy atom. The summed E-state index contributed by atoms with van der Waals surface area (Å²) < 4.78 is 32.6. The second kappa shape index (κ2) is 6.00. The number of benzene rings is 1. The maximum absolute atomic E-state index is 12.3. The molecule has 1 aromatic rings. The first-order valence-electron chi connectivity index (χ1n) is 6.34. The van der Waals surface area contributed by atoms with Gasteiger partial charge in [0.15, 0.2) is 0 Å². The van der Waals surface area contributed by atoms with Crippen LogP contribution >= 0.6 is 0 Å². The van der Waals surface area contributed by atoms with E-state index in [1.165, 1.54) is 0 Å². The highest BCUT2D eigenvalue weighted by Crippen LogP contribution is 2.20. The molecule has 0 aliphatic carbocycles. The third-order valence-corrected chi connectivity index (χ3v) is 5.00. The molecule has 1 aliphatic rings. The van der Waals surface area contributed by atoms with Gasteiger partial charge < -0.3 is 9.84 Å². The van der Waals surface area contributed by atoms with E-state index < -0.39 is 10.0 Å². The normalized spacial score (nSPS) is 20.4. The molecule has 0 aromatic heterocycles. The predicted octanol–water partition coefficient (Wildman–Crippen LogP) is 0.945. The van der Waals surface area contributed by atoms with Gasteiger partial charge in [-0.3, -0.25) is 0 Å². The second-order valence-corrected chi connectivity index (χ2v) is 6.42. The van der Waals surface area contributed by atoms with Crippen LogP contribution in [0.15, 0.2) is 23.1 Å². The van der Waals surface area contributed by atoms with Gasteiger partial charge in [-0.15, -0.1) is 0 Å². The van der Waals surface area contributed by atoms with Crippen molar-refractivity contribution in [3.63, 3.8) is 0 Å². The molecule has 6 heteroatoms. The van der Waals surface area contributed by atoms with Crippen LogP contribution in [0.25, 0.3) is 0 Å². The molecule has 1 unspecified atom stereocenters. The summed E-state index contributed by atoms with van der Waals surface area (Å²) in [5.74, 6) is 0. The van der Waals surface area contributed by atoms with Gasteiger partial charge in [-0.1, -0.05) is 12.1 Å². The number of nitrogens with one attached hydrogen (secondary N) is 1. The molecule has 1 aromatic carbocycles. The number of hydrogen-bond donors (Lipinski definition) is 2. The third kappa shape index (κ3) is 3.33. The highest BCUT2D eigenvalue weighted by atomic mass is 32.2. The Labute approximate surface area is 113 Å². The number of aliphatic hydroxyl groups is 1. The van der Waals surface area contributed by atoms with Gasteiger partial charge in [-0.05, 0) is 37.0 Å². The number of aliphatic hydroxyl groups excluding tert-OH is 1. The summed E-state index contributed by atoms with van der Waals surface area (Å²) in [5.41, 5.74) is 1.22. The van der Waals surface area contributed by atoms with Gasteiger partial charge in [0, 0.05) is 12.6 Å². The van der Waals surface area contributed by atoms with E-state index in [9.17, 15) is 13.5 Å². The fourth-order valence-electron chi connectivity index (χ4n) is 2.24. The van der Waals surface area contributed by atoms with Crippen molar-refractivity contribution in [2.75, 3.05) is 13.2 Å². The first kappa shape index (κ1) is 14.5. The minimum atomic E-state index is -3.56. The highest BCUT2D eigenvalue weighted by molar-refractivity contribution is 7.89. The number of ether oxygens (including phenoxy) is 1. The maximum Gasteiger partial charge on any atom is 0.241 e. The fourth-order valence-corrected chi connectivity index (χ4v) is 3.78. The van der Waals surface area contributed by atoms with E-state index in [-0.39, 0.29) is 17.5 Å². The van der Waals surface area contributed by atoms with Gasteiger partial charge in [-0.2, -0.15) is 0 Å². The van der Waals surface area contributed by atoms with Crippen LogP contribution < -0.4 is 4.72 Å². The smallest absolute Gasteiger partial charge is 0.241 e. The van der Waals surface area contributed by atoms with Gasteiger partial charge in [0.2, 0.25) is 10.0 Å². The molecular formula is C13H19NO4S. The van der Waals surface area contributed by atoms with Crippen molar-refractivity contribution in [3.8, 4) is 0 Å². The zero-order valence-corrected chi connectivity index (χ0v) is 11.7. The predicted molar refractivity (Wildman–Crippen MR) is 71.3 cm³/mol. The SMILES string of the molecule is Cc1c(CO)cccc1S(=O)(=O)NC1CCCOC1. The monoisotopic (exact) mass is 285 g/mol. The Bertz CT molecular complexity index is 536. The van der Waals surface area contributed by atoms with E-state index in [0.717, 1.165) is 12.8 Å². The van der Waals surface area contributed by atoms with Gasteiger partial charge in [0.05, 0.1) is 18.1 Å². The standard InChI is InChI=1S/C13H19NO4S/c1-10-11(8-15)4-2-6-13(10)19(16,17)14-12-5-3-7-18-9-12/h2,4,6,12,14-15H,3,5,7-9H2,1H3.